The third kappa shape index (κ3) is 4.49. The molecule has 0 unspecified atom stereocenters. The minimum Gasteiger partial charge on any atom is -0.482 e. The highest BCUT2D eigenvalue weighted by molar-refractivity contribution is 7.89. The van der Waals surface area contributed by atoms with E-state index in [0.29, 0.717) is 18.8 Å². The van der Waals surface area contributed by atoms with Gasteiger partial charge in [-0.05, 0) is 62.2 Å². The Morgan fingerprint density at radius 3 is 2.49 bits per heavy atom. The molecule has 0 spiro atoms. The van der Waals surface area contributed by atoms with Gasteiger partial charge in [-0.1, -0.05) is 29.8 Å². The molecule has 7 nitrogen and oxygen atoms in total. The van der Waals surface area contributed by atoms with E-state index in [1.807, 2.05) is 30.3 Å². The van der Waals surface area contributed by atoms with Gasteiger partial charge in [-0.25, -0.2) is 8.42 Å². The number of aromatic nitrogens is 1. The number of sulfonamides is 1. The fraction of sp³-hybridized carbons (Fsp3) is 0.269. The van der Waals surface area contributed by atoms with Gasteiger partial charge in [-0.15, -0.1) is 0 Å². The maximum Gasteiger partial charge on any atom is 0.262 e. The van der Waals surface area contributed by atoms with Crippen molar-refractivity contribution in [1.82, 2.24) is 8.87 Å². The Balaban J connectivity index is 1.28. The second kappa shape index (κ2) is 9.53. The van der Waals surface area contributed by atoms with Gasteiger partial charge in [-0.3, -0.25) is 4.79 Å². The van der Waals surface area contributed by atoms with E-state index in [1.54, 1.807) is 0 Å². The van der Waals surface area contributed by atoms with Crippen LogP contribution in [0.15, 0.2) is 65.6 Å². The number of aryl methyl sites for hydroxylation is 1. The van der Waals surface area contributed by atoms with Crippen molar-refractivity contribution in [3.63, 3.8) is 0 Å². The number of nitrogens with one attached hydrogen (secondary N) is 1. The predicted octanol–water partition coefficient (Wildman–Crippen LogP) is 5.27. The lowest BCUT2D eigenvalue weighted by molar-refractivity contribution is -0.118. The van der Waals surface area contributed by atoms with Crippen molar-refractivity contribution in [2.24, 2.45) is 0 Å². The number of anilines is 1. The van der Waals surface area contributed by atoms with Crippen LogP contribution in [0.25, 0.3) is 21.8 Å². The first-order valence-corrected chi connectivity index (χ1v) is 13.4. The number of halogens is 1. The largest absolute Gasteiger partial charge is 0.482 e. The summed E-state index contributed by atoms with van der Waals surface area (Å²) in [5, 5.41) is 5.22. The Hall–Kier alpha value is -3.07. The van der Waals surface area contributed by atoms with Crippen LogP contribution < -0.4 is 10.1 Å². The molecular weight excluding hydrogens is 486 g/mol. The zero-order valence-electron chi connectivity index (χ0n) is 19.3. The Bertz CT molecular complexity index is 1520. The lowest BCUT2D eigenvalue weighted by atomic mass is 10.1. The first-order chi connectivity index (χ1) is 16.9. The molecule has 1 fully saturated rings. The van der Waals surface area contributed by atoms with Crippen LogP contribution >= 0.6 is 11.6 Å². The molecular formula is C26H26ClN3O4S. The second-order valence-electron chi connectivity index (χ2n) is 8.53. The number of ether oxygens (including phenoxy) is 1. The van der Waals surface area contributed by atoms with Crippen molar-refractivity contribution in [2.45, 2.75) is 31.2 Å². The van der Waals surface area contributed by atoms with Crippen LogP contribution in [-0.2, 0) is 21.4 Å². The lowest BCUT2D eigenvalue weighted by Crippen LogP contribution is -2.27. The van der Waals surface area contributed by atoms with Crippen LogP contribution in [0.2, 0.25) is 5.02 Å². The Kier molecular flexibility index (Phi) is 6.44. The Morgan fingerprint density at radius 2 is 1.74 bits per heavy atom. The van der Waals surface area contributed by atoms with E-state index in [0.717, 1.165) is 41.2 Å². The number of rotatable bonds is 7. The average Bonchev–Trinajstić information content (AvgIpc) is 3.50. The van der Waals surface area contributed by atoms with E-state index in [2.05, 4.69) is 28.9 Å². The maximum atomic E-state index is 12.7. The molecule has 1 aliphatic rings. The molecule has 0 radical (unpaired) electrons. The minimum absolute atomic E-state index is 0.126. The molecule has 182 valence electrons. The fourth-order valence-corrected chi connectivity index (χ4v) is 6.49. The van der Waals surface area contributed by atoms with Gasteiger partial charge in [-0.2, -0.15) is 4.31 Å². The van der Waals surface area contributed by atoms with Crippen molar-refractivity contribution in [2.75, 3.05) is 25.0 Å². The smallest absolute Gasteiger partial charge is 0.262 e. The normalized spacial score (nSPS) is 14.6. The standard InChI is InChI=1S/C26H26ClN3O4S/c1-2-30-23-8-4-3-7-20(23)21-15-18(9-11-24(21)30)28-26(31)17-34-25-12-10-19(16-22(25)27)35(32,33)29-13-5-6-14-29/h3-4,7-12,15-16H,2,5-6,13-14,17H2,1H3,(H,28,31). The predicted molar refractivity (Wildman–Crippen MR) is 139 cm³/mol. The van der Waals surface area contributed by atoms with Crippen LogP contribution in [0.5, 0.6) is 5.75 Å². The first-order valence-electron chi connectivity index (χ1n) is 11.6. The van der Waals surface area contributed by atoms with Gasteiger partial charge in [0.05, 0.1) is 9.92 Å². The van der Waals surface area contributed by atoms with Gasteiger partial charge >= 0.3 is 0 Å². The van der Waals surface area contributed by atoms with E-state index in [4.69, 9.17) is 16.3 Å². The van der Waals surface area contributed by atoms with Crippen LogP contribution in [0, 0.1) is 0 Å². The number of nitrogens with zero attached hydrogens (tertiary/aromatic N) is 2. The third-order valence-corrected chi connectivity index (χ3v) is 8.53. The zero-order chi connectivity index (χ0) is 24.6. The van der Waals surface area contributed by atoms with Crippen molar-refractivity contribution >= 4 is 55.0 Å². The van der Waals surface area contributed by atoms with Crippen molar-refractivity contribution < 1.29 is 17.9 Å². The topological polar surface area (TPSA) is 80.6 Å². The van der Waals surface area contributed by atoms with Crippen LogP contribution in [0.1, 0.15) is 19.8 Å². The molecule has 1 aromatic heterocycles. The molecule has 0 atom stereocenters. The Morgan fingerprint density at radius 1 is 1.00 bits per heavy atom. The maximum absolute atomic E-state index is 12.7. The molecule has 0 saturated carbocycles. The van der Waals surface area contributed by atoms with Gasteiger partial charge in [0.2, 0.25) is 10.0 Å². The summed E-state index contributed by atoms with van der Waals surface area (Å²) < 4.78 is 34.7. The summed E-state index contributed by atoms with van der Waals surface area (Å²) in [5.74, 6) is -0.0860. The molecule has 0 aliphatic carbocycles. The SMILES string of the molecule is CCn1c2ccccc2c2cc(NC(=O)COc3ccc(S(=O)(=O)N4CCCC4)cc3Cl)ccc21. The van der Waals surface area contributed by atoms with E-state index < -0.39 is 10.0 Å². The quantitative estimate of drug-likeness (QED) is 0.366. The number of para-hydroxylation sites is 1. The fourth-order valence-electron chi connectivity index (χ4n) is 4.65. The molecule has 5 rings (SSSR count). The van der Waals surface area contributed by atoms with Crippen LogP contribution in [0.3, 0.4) is 0 Å². The molecule has 3 aromatic carbocycles. The molecule has 1 amide bonds. The summed E-state index contributed by atoms with van der Waals surface area (Å²) in [6.45, 7) is 3.74. The molecule has 35 heavy (non-hydrogen) atoms. The summed E-state index contributed by atoms with van der Waals surface area (Å²) in [6.07, 6.45) is 1.72. The van der Waals surface area contributed by atoms with Gasteiger partial charge in [0.1, 0.15) is 5.75 Å². The average molecular weight is 512 g/mol. The minimum atomic E-state index is -3.57. The van der Waals surface area contributed by atoms with E-state index >= 15 is 0 Å². The van der Waals surface area contributed by atoms with Crippen molar-refractivity contribution in [3.8, 4) is 5.75 Å². The second-order valence-corrected chi connectivity index (χ2v) is 10.9. The molecule has 1 saturated heterocycles. The summed E-state index contributed by atoms with van der Waals surface area (Å²) in [4.78, 5) is 12.7. The molecule has 0 bridgehead atoms. The van der Waals surface area contributed by atoms with Gasteiger partial charge in [0.25, 0.3) is 5.91 Å². The number of amides is 1. The van der Waals surface area contributed by atoms with Crippen LogP contribution in [-0.4, -0.2) is 42.9 Å². The van der Waals surface area contributed by atoms with Gasteiger partial charge < -0.3 is 14.6 Å². The molecule has 9 heteroatoms. The summed E-state index contributed by atoms with van der Waals surface area (Å²) >= 11 is 6.28. The number of carbonyl (C=O) groups excluding carboxylic acids is 1. The van der Waals surface area contributed by atoms with E-state index in [9.17, 15) is 13.2 Å². The number of benzene rings is 3. The van der Waals surface area contributed by atoms with Crippen LogP contribution in [0.4, 0.5) is 5.69 Å². The number of carbonyl (C=O) groups is 1. The van der Waals surface area contributed by atoms with Gasteiger partial charge in [0, 0.05) is 47.1 Å². The number of hydrogen-bond acceptors (Lipinski definition) is 4. The molecule has 2 heterocycles. The highest BCUT2D eigenvalue weighted by Gasteiger charge is 2.27. The van der Waals surface area contributed by atoms with Crippen molar-refractivity contribution in [1.29, 1.82) is 0 Å². The zero-order valence-corrected chi connectivity index (χ0v) is 20.9. The summed E-state index contributed by atoms with van der Waals surface area (Å²) in [7, 11) is -3.57. The van der Waals surface area contributed by atoms with Gasteiger partial charge in [0.15, 0.2) is 6.61 Å². The number of hydrogen-bond donors (Lipinski definition) is 1. The number of fused-ring (bicyclic) bond motifs is 3. The van der Waals surface area contributed by atoms with Crippen molar-refractivity contribution in [3.05, 3.63) is 65.7 Å². The molecule has 1 N–H and O–H groups in total. The summed E-state index contributed by atoms with van der Waals surface area (Å²) in [5.41, 5.74) is 2.93. The third-order valence-electron chi connectivity index (χ3n) is 6.34. The lowest BCUT2D eigenvalue weighted by Gasteiger charge is -2.16. The van der Waals surface area contributed by atoms with E-state index in [-0.39, 0.29) is 28.2 Å². The Labute approximate surface area is 209 Å². The highest BCUT2D eigenvalue weighted by Crippen LogP contribution is 2.32. The highest BCUT2D eigenvalue weighted by atomic mass is 35.5. The van der Waals surface area contributed by atoms with E-state index in [1.165, 1.54) is 22.5 Å². The molecule has 1 aliphatic heterocycles. The summed E-state index contributed by atoms with van der Waals surface area (Å²) in [6, 6.07) is 18.4. The monoisotopic (exact) mass is 511 g/mol. The molecule has 4 aromatic rings. The first kappa shape index (κ1) is 23.7.